The Morgan fingerprint density at radius 1 is 1.21 bits per heavy atom. The summed E-state index contributed by atoms with van der Waals surface area (Å²) in [6.07, 6.45) is 1.04. The van der Waals surface area contributed by atoms with E-state index in [2.05, 4.69) is 22.9 Å². The maximum absolute atomic E-state index is 12.4. The van der Waals surface area contributed by atoms with Gasteiger partial charge in [0.05, 0.1) is 20.8 Å². The summed E-state index contributed by atoms with van der Waals surface area (Å²) in [5, 5.41) is 3.01. The molecule has 0 bridgehead atoms. The van der Waals surface area contributed by atoms with E-state index in [-0.39, 0.29) is 11.4 Å². The summed E-state index contributed by atoms with van der Waals surface area (Å²) in [6.45, 7) is 9.03. The van der Waals surface area contributed by atoms with E-state index in [9.17, 15) is 4.79 Å². The van der Waals surface area contributed by atoms with E-state index in [1.54, 1.807) is 0 Å². The Balaban J connectivity index is 1.99. The largest absolute Gasteiger partial charge is 0.347 e. The Labute approximate surface area is 146 Å². The van der Waals surface area contributed by atoms with Crippen molar-refractivity contribution in [1.82, 2.24) is 14.9 Å². The highest BCUT2D eigenvalue weighted by Crippen LogP contribution is 2.31. The van der Waals surface area contributed by atoms with Crippen molar-refractivity contribution < 1.29 is 4.79 Å². The fourth-order valence-corrected chi connectivity index (χ4v) is 3.60. The highest BCUT2D eigenvalue weighted by Gasteiger charge is 2.19. The first-order chi connectivity index (χ1) is 11.4. The average Bonchev–Trinajstić information content (AvgIpc) is 3.11. The molecule has 2 heterocycles. The Hall–Kier alpha value is -2.14. The van der Waals surface area contributed by atoms with Crippen molar-refractivity contribution in [3.05, 3.63) is 41.3 Å². The highest BCUT2D eigenvalue weighted by atomic mass is 32.1. The van der Waals surface area contributed by atoms with Crippen LogP contribution in [0.2, 0.25) is 0 Å². The van der Waals surface area contributed by atoms with Gasteiger partial charge in [-0.05, 0) is 51.5 Å². The van der Waals surface area contributed by atoms with Gasteiger partial charge in [0, 0.05) is 12.1 Å². The molecule has 0 saturated carbocycles. The Morgan fingerprint density at radius 3 is 2.67 bits per heavy atom. The smallest absolute Gasteiger partial charge is 0.261 e. The van der Waals surface area contributed by atoms with Gasteiger partial charge >= 0.3 is 0 Å². The van der Waals surface area contributed by atoms with E-state index in [0.29, 0.717) is 0 Å². The van der Waals surface area contributed by atoms with E-state index >= 15 is 0 Å². The third-order valence-corrected chi connectivity index (χ3v) is 4.72. The number of carbonyl (C=O) groups excluding carboxylic acids is 1. The predicted octanol–water partition coefficient (Wildman–Crippen LogP) is 4.70. The van der Waals surface area contributed by atoms with Crippen LogP contribution < -0.4 is 5.32 Å². The number of aromatic nitrogens is 2. The van der Waals surface area contributed by atoms with Crippen LogP contribution in [-0.2, 0) is 6.54 Å². The van der Waals surface area contributed by atoms with Gasteiger partial charge in [0.1, 0.15) is 0 Å². The molecule has 0 unspecified atom stereocenters. The number of hydrogen-bond donors (Lipinski definition) is 1. The number of aryl methyl sites for hydroxylation is 1. The third kappa shape index (κ3) is 3.36. The van der Waals surface area contributed by atoms with Gasteiger partial charge in [-0.3, -0.25) is 4.79 Å². The molecule has 0 fully saturated rings. The number of thiophene rings is 1. The number of carbonyl (C=O) groups is 1. The van der Waals surface area contributed by atoms with Crippen LogP contribution in [0.5, 0.6) is 0 Å². The van der Waals surface area contributed by atoms with Gasteiger partial charge < -0.3 is 9.88 Å². The minimum Gasteiger partial charge on any atom is -0.347 e. The van der Waals surface area contributed by atoms with Crippen LogP contribution in [0.25, 0.3) is 21.7 Å². The fraction of sp³-hybridized carbons (Fsp3) is 0.368. The van der Waals surface area contributed by atoms with Gasteiger partial charge in [-0.1, -0.05) is 19.1 Å². The van der Waals surface area contributed by atoms with Gasteiger partial charge in [-0.25, -0.2) is 4.98 Å². The van der Waals surface area contributed by atoms with Crippen LogP contribution in [0, 0.1) is 0 Å². The van der Waals surface area contributed by atoms with Crippen molar-refractivity contribution in [1.29, 1.82) is 0 Å². The predicted molar refractivity (Wildman–Crippen MR) is 101 cm³/mol. The van der Waals surface area contributed by atoms with Crippen LogP contribution >= 0.6 is 11.3 Å². The van der Waals surface area contributed by atoms with Crippen LogP contribution in [0.3, 0.4) is 0 Å². The number of para-hydroxylation sites is 2. The lowest BCUT2D eigenvalue weighted by Crippen LogP contribution is -2.40. The second kappa shape index (κ2) is 6.40. The maximum Gasteiger partial charge on any atom is 0.261 e. The number of nitrogens with zero attached hydrogens (tertiary/aromatic N) is 2. The summed E-state index contributed by atoms with van der Waals surface area (Å²) >= 11 is 1.49. The second-order valence-electron chi connectivity index (χ2n) is 6.94. The molecule has 0 radical (unpaired) electrons. The van der Waals surface area contributed by atoms with E-state index in [1.807, 2.05) is 51.1 Å². The van der Waals surface area contributed by atoms with Crippen molar-refractivity contribution in [2.75, 3.05) is 0 Å². The first-order valence-electron chi connectivity index (χ1n) is 8.27. The van der Waals surface area contributed by atoms with Gasteiger partial charge in [0.2, 0.25) is 0 Å². The first-order valence-corrected chi connectivity index (χ1v) is 9.08. The third-order valence-electron chi connectivity index (χ3n) is 3.64. The number of imidazole rings is 1. The summed E-state index contributed by atoms with van der Waals surface area (Å²) in [6, 6.07) is 12.1. The normalized spacial score (nSPS) is 11.8. The summed E-state index contributed by atoms with van der Waals surface area (Å²) < 4.78 is 2.24. The molecule has 3 rings (SSSR count). The average molecular weight is 341 g/mol. The topological polar surface area (TPSA) is 46.9 Å². The molecule has 0 saturated heterocycles. The number of hydrogen-bond acceptors (Lipinski definition) is 3. The number of rotatable bonds is 4. The standard InChI is InChI=1S/C19H23N3OS/c1-5-12-22-14-9-7-6-8-13(14)20-17(22)15-10-11-16(24-15)18(23)21-19(2,3)4/h6-11H,5,12H2,1-4H3,(H,21,23). The van der Waals surface area contributed by atoms with Crippen molar-refractivity contribution in [3.8, 4) is 10.7 Å². The zero-order chi connectivity index (χ0) is 17.3. The van der Waals surface area contributed by atoms with Crippen molar-refractivity contribution in [2.45, 2.75) is 46.2 Å². The molecule has 3 aromatic rings. The van der Waals surface area contributed by atoms with Crippen molar-refractivity contribution in [3.63, 3.8) is 0 Å². The molecule has 24 heavy (non-hydrogen) atoms. The number of benzene rings is 1. The van der Waals surface area contributed by atoms with Gasteiger partial charge in [-0.15, -0.1) is 11.3 Å². The lowest BCUT2D eigenvalue weighted by Gasteiger charge is -2.19. The molecule has 0 spiro atoms. The van der Waals surface area contributed by atoms with Crippen LogP contribution in [-0.4, -0.2) is 21.0 Å². The zero-order valence-corrected chi connectivity index (χ0v) is 15.4. The molecule has 1 aromatic carbocycles. The molecule has 1 amide bonds. The number of amides is 1. The molecular weight excluding hydrogens is 318 g/mol. The van der Waals surface area contributed by atoms with Gasteiger partial charge in [0.15, 0.2) is 5.82 Å². The Bertz CT molecular complexity index is 870. The molecular formula is C19H23N3OS. The van der Waals surface area contributed by atoms with Crippen LogP contribution in [0.15, 0.2) is 36.4 Å². The lowest BCUT2D eigenvalue weighted by molar-refractivity contribution is 0.0924. The molecule has 2 aromatic heterocycles. The minimum atomic E-state index is -0.239. The number of fused-ring (bicyclic) bond motifs is 1. The molecule has 4 nitrogen and oxygen atoms in total. The first kappa shape index (κ1) is 16.7. The fourth-order valence-electron chi connectivity index (χ4n) is 2.70. The maximum atomic E-state index is 12.4. The van der Waals surface area contributed by atoms with Crippen LogP contribution in [0.1, 0.15) is 43.8 Å². The van der Waals surface area contributed by atoms with E-state index in [0.717, 1.165) is 39.6 Å². The quantitative estimate of drug-likeness (QED) is 0.747. The van der Waals surface area contributed by atoms with E-state index in [1.165, 1.54) is 11.3 Å². The minimum absolute atomic E-state index is 0.0306. The molecule has 1 N–H and O–H groups in total. The van der Waals surface area contributed by atoms with E-state index in [4.69, 9.17) is 4.98 Å². The summed E-state index contributed by atoms with van der Waals surface area (Å²) in [5.41, 5.74) is 1.90. The summed E-state index contributed by atoms with van der Waals surface area (Å²) in [4.78, 5) is 18.9. The van der Waals surface area contributed by atoms with Crippen molar-refractivity contribution >= 4 is 28.3 Å². The molecule has 0 aliphatic heterocycles. The summed E-state index contributed by atoms with van der Waals surface area (Å²) in [7, 11) is 0. The monoisotopic (exact) mass is 341 g/mol. The SMILES string of the molecule is CCCn1c(-c2ccc(C(=O)NC(C)(C)C)s2)nc2ccccc21. The van der Waals surface area contributed by atoms with Crippen LogP contribution in [0.4, 0.5) is 0 Å². The van der Waals surface area contributed by atoms with Gasteiger partial charge in [-0.2, -0.15) is 0 Å². The molecule has 126 valence electrons. The summed E-state index contributed by atoms with van der Waals surface area (Å²) in [5.74, 6) is 0.912. The number of nitrogens with one attached hydrogen (secondary N) is 1. The molecule has 5 heteroatoms. The Morgan fingerprint density at radius 2 is 1.96 bits per heavy atom. The molecule has 0 aliphatic rings. The Kier molecular flexibility index (Phi) is 4.45. The van der Waals surface area contributed by atoms with E-state index < -0.39 is 0 Å². The highest BCUT2D eigenvalue weighted by molar-refractivity contribution is 7.17. The lowest BCUT2D eigenvalue weighted by atomic mass is 10.1. The molecule has 0 atom stereocenters. The van der Waals surface area contributed by atoms with Crippen molar-refractivity contribution in [2.24, 2.45) is 0 Å². The zero-order valence-electron chi connectivity index (χ0n) is 14.6. The second-order valence-corrected chi connectivity index (χ2v) is 8.03. The van der Waals surface area contributed by atoms with Gasteiger partial charge in [0.25, 0.3) is 5.91 Å². The molecule has 0 aliphatic carbocycles.